The Kier molecular flexibility index (Phi) is 40.0. The van der Waals surface area contributed by atoms with Gasteiger partial charge >= 0.3 is 27.6 Å². The zero-order valence-corrected chi connectivity index (χ0v) is 39.6. The van der Waals surface area contributed by atoms with Gasteiger partial charge in [-0.15, -0.1) is 0 Å². The number of ether oxygens (including phenoxy) is 2. The molecule has 0 aromatic rings. The Bertz CT molecular complexity index is 1340. The van der Waals surface area contributed by atoms with E-state index in [1.165, 1.54) is 57.8 Å². The molecule has 4 atom stereocenters. The number of carbonyl (C=O) groups is 2. The minimum atomic E-state index is -4.89. The van der Waals surface area contributed by atoms with Gasteiger partial charge in [0, 0.05) is 12.8 Å². The summed E-state index contributed by atoms with van der Waals surface area (Å²) in [7, 11) is -9.75. The fourth-order valence-corrected chi connectivity index (χ4v) is 7.07. The third-order valence-electron chi connectivity index (χ3n) is 9.47. The number of rotatable bonds is 43. The van der Waals surface area contributed by atoms with Crippen LogP contribution in [0.3, 0.4) is 0 Å². The molecule has 0 fully saturated rings. The molecule has 360 valence electrons. The quantitative estimate of drug-likeness (QED) is 0.0126. The second-order valence-corrected chi connectivity index (χ2v) is 18.2. The van der Waals surface area contributed by atoms with Crippen LogP contribution >= 0.6 is 15.6 Å². The van der Waals surface area contributed by atoms with Crippen molar-refractivity contribution in [2.24, 2.45) is 0 Å². The van der Waals surface area contributed by atoms with E-state index in [1.54, 1.807) is 12.2 Å². The first kappa shape index (κ1) is 59.8. The third-order valence-corrected chi connectivity index (χ3v) is 10.9. The zero-order valence-electron chi connectivity index (χ0n) is 37.8. The second-order valence-electron chi connectivity index (χ2n) is 15.5. The van der Waals surface area contributed by atoms with Crippen LogP contribution in [0.4, 0.5) is 0 Å². The number of carbonyl (C=O) groups excluding carboxylic acids is 2. The molecule has 0 aliphatic rings. The lowest BCUT2D eigenvalue weighted by Gasteiger charge is -2.20. The van der Waals surface area contributed by atoms with Gasteiger partial charge in [-0.05, 0) is 70.6 Å². The van der Waals surface area contributed by atoms with E-state index in [4.69, 9.17) is 23.8 Å². The lowest BCUT2D eigenvalue weighted by Crippen LogP contribution is -2.30. The molecule has 62 heavy (non-hydrogen) atoms. The molecule has 0 radical (unpaired) electrons. The topological polar surface area (TPSA) is 216 Å². The van der Waals surface area contributed by atoms with Gasteiger partial charge in [0.15, 0.2) is 6.10 Å². The van der Waals surface area contributed by atoms with E-state index in [-0.39, 0.29) is 25.7 Å². The summed E-state index contributed by atoms with van der Waals surface area (Å²) in [6, 6.07) is 0. The molecule has 16 heteroatoms. The highest BCUT2D eigenvalue weighted by Gasteiger charge is 2.28. The summed E-state index contributed by atoms with van der Waals surface area (Å²) >= 11 is 0. The van der Waals surface area contributed by atoms with Gasteiger partial charge in [-0.1, -0.05) is 152 Å². The first-order valence-electron chi connectivity index (χ1n) is 23.1. The predicted molar refractivity (Wildman–Crippen MR) is 245 cm³/mol. The number of esters is 2. The molecule has 5 N–H and O–H groups in total. The van der Waals surface area contributed by atoms with E-state index >= 15 is 0 Å². The number of phosphoric acid groups is 2. The lowest BCUT2D eigenvalue weighted by atomic mass is 10.1. The fraction of sp³-hybridized carbons (Fsp3) is 0.739. The standard InChI is InChI=1S/C46H82O14P2/c1-3-5-7-9-11-13-15-17-18-19-20-22-24-26-28-30-32-36-45(49)56-40-44(41-59-62(54,55)58-39-43(48)38-57-61(51,52)53)60-46(50)37-33-35-42(47)34-31-29-27-25-23-21-16-14-12-10-8-6-4-2/h11,13,17-18,21,23,27,29,31,34,42-44,47-48H,3-10,12,14-16,19-20,22,24-26,28,30,32-33,35-41H2,1-2H3,(H,54,55)(H2,51,52,53)/b13-11-,18-17-,23-21+,29-27+,34-31+/t42?,43-,44+/m0/s1. The molecular formula is C46H82O14P2. The highest BCUT2D eigenvalue weighted by Crippen LogP contribution is 2.43. The van der Waals surface area contributed by atoms with Gasteiger partial charge in [0.2, 0.25) is 0 Å². The Balaban J connectivity index is 4.68. The predicted octanol–water partition coefficient (Wildman–Crippen LogP) is 11.0. The molecule has 0 aliphatic heterocycles. The Morgan fingerprint density at radius 2 is 1.02 bits per heavy atom. The highest BCUT2D eigenvalue weighted by atomic mass is 31.2. The van der Waals surface area contributed by atoms with E-state index in [0.29, 0.717) is 6.42 Å². The summed E-state index contributed by atoms with van der Waals surface area (Å²) in [5, 5.41) is 20.1. The summed E-state index contributed by atoms with van der Waals surface area (Å²) in [6.45, 7) is 1.51. The van der Waals surface area contributed by atoms with Gasteiger partial charge in [0.05, 0.1) is 25.9 Å². The second kappa shape index (κ2) is 41.5. The fourth-order valence-electron chi connectivity index (χ4n) is 5.92. The Morgan fingerprint density at radius 1 is 0.532 bits per heavy atom. The van der Waals surface area contributed by atoms with Crippen molar-refractivity contribution in [2.75, 3.05) is 26.4 Å². The molecule has 0 bridgehead atoms. The largest absolute Gasteiger partial charge is 0.472 e. The van der Waals surface area contributed by atoms with Gasteiger partial charge in [-0.3, -0.25) is 23.2 Å². The van der Waals surface area contributed by atoms with Gasteiger partial charge in [-0.25, -0.2) is 9.13 Å². The summed E-state index contributed by atoms with van der Waals surface area (Å²) in [6.07, 6.45) is 40.9. The number of allylic oxidation sites excluding steroid dienone is 9. The number of hydrogen-bond acceptors (Lipinski definition) is 11. The molecule has 0 aromatic heterocycles. The summed E-state index contributed by atoms with van der Waals surface area (Å²) in [5.74, 6) is -1.24. The van der Waals surface area contributed by atoms with Crippen molar-refractivity contribution in [3.8, 4) is 0 Å². The maximum atomic E-state index is 12.7. The van der Waals surface area contributed by atoms with E-state index < -0.39 is 72.3 Å². The van der Waals surface area contributed by atoms with Crippen molar-refractivity contribution in [2.45, 2.75) is 193 Å². The van der Waals surface area contributed by atoms with Gasteiger partial charge < -0.3 is 34.4 Å². The molecule has 0 saturated carbocycles. The Hall–Kier alpha value is -2.22. The van der Waals surface area contributed by atoms with Gasteiger partial charge in [-0.2, -0.15) is 0 Å². The van der Waals surface area contributed by atoms with Gasteiger partial charge in [0.25, 0.3) is 0 Å². The highest BCUT2D eigenvalue weighted by molar-refractivity contribution is 7.47. The normalized spacial score (nSPS) is 15.0. The molecule has 14 nitrogen and oxygen atoms in total. The Labute approximate surface area is 373 Å². The van der Waals surface area contributed by atoms with Crippen molar-refractivity contribution >= 4 is 27.6 Å². The molecule has 0 spiro atoms. The van der Waals surface area contributed by atoms with Crippen molar-refractivity contribution in [1.29, 1.82) is 0 Å². The van der Waals surface area contributed by atoms with Crippen LogP contribution in [0.25, 0.3) is 0 Å². The van der Waals surface area contributed by atoms with Crippen LogP contribution in [0.1, 0.15) is 174 Å². The van der Waals surface area contributed by atoms with Crippen LogP contribution < -0.4 is 0 Å². The SMILES string of the molecule is CCCCC/C=C\C/C=C\CCCCCCCCCC(=O)OC[C@H](COP(=O)(O)OC[C@@H](O)COP(=O)(O)O)OC(=O)CCCC(O)/C=C/C=C/C/C=C/CCCCCCCC. The van der Waals surface area contributed by atoms with Crippen LogP contribution in [0.2, 0.25) is 0 Å². The number of hydrogen-bond donors (Lipinski definition) is 5. The molecule has 0 heterocycles. The average Bonchev–Trinajstić information content (AvgIpc) is 3.22. The third kappa shape index (κ3) is 44.4. The van der Waals surface area contributed by atoms with Crippen LogP contribution in [0.5, 0.6) is 0 Å². The van der Waals surface area contributed by atoms with Crippen LogP contribution in [-0.2, 0) is 41.8 Å². The van der Waals surface area contributed by atoms with Crippen molar-refractivity contribution < 1.29 is 66.7 Å². The lowest BCUT2D eigenvalue weighted by molar-refractivity contribution is -0.161. The summed E-state index contributed by atoms with van der Waals surface area (Å²) < 4.78 is 47.7. The summed E-state index contributed by atoms with van der Waals surface area (Å²) in [4.78, 5) is 52.8. The number of aliphatic hydroxyl groups is 2. The van der Waals surface area contributed by atoms with E-state index in [1.807, 2.05) is 12.2 Å². The monoisotopic (exact) mass is 921 g/mol. The van der Waals surface area contributed by atoms with E-state index in [9.17, 15) is 33.8 Å². The number of unbranched alkanes of at least 4 members (excludes halogenated alkanes) is 16. The van der Waals surface area contributed by atoms with Crippen LogP contribution in [0.15, 0.2) is 60.8 Å². The molecule has 0 amide bonds. The molecular weight excluding hydrogens is 838 g/mol. The van der Waals surface area contributed by atoms with Crippen molar-refractivity contribution in [1.82, 2.24) is 0 Å². The average molecular weight is 921 g/mol. The minimum Gasteiger partial charge on any atom is -0.462 e. The van der Waals surface area contributed by atoms with E-state index in [0.717, 1.165) is 70.6 Å². The smallest absolute Gasteiger partial charge is 0.462 e. The number of phosphoric ester groups is 2. The molecule has 2 unspecified atom stereocenters. The molecule has 0 saturated heterocycles. The minimum absolute atomic E-state index is 0.0960. The van der Waals surface area contributed by atoms with E-state index in [2.05, 4.69) is 59.4 Å². The van der Waals surface area contributed by atoms with Gasteiger partial charge in [0.1, 0.15) is 12.7 Å². The van der Waals surface area contributed by atoms with Crippen LogP contribution in [-0.4, -0.2) is 81.6 Å². The number of aliphatic hydroxyl groups excluding tert-OH is 2. The Morgan fingerprint density at radius 3 is 1.61 bits per heavy atom. The molecule has 0 aromatic carbocycles. The first-order valence-corrected chi connectivity index (χ1v) is 26.1. The maximum Gasteiger partial charge on any atom is 0.472 e. The molecule has 0 aliphatic carbocycles. The van der Waals surface area contributed by atoms with Crippen molar-refractivity contribution in [3.05, 3.63) is 60.8 Å². The summed E-state index contributed by atoms with van der Waals surface area (Å²) in [5.41, 5.74) is 0. The molecule has 0 rings (SSSR count). The van der Waals surface area contributed by atoms with Crippen molar-refractivity contribution in [3.63, 3.8) is 0 Å². The zero-order chi connectivity index (χ0) is 46.0. The van der Waals surface area contributed by atoms with Crippen LogP contribution in [0, 0.1) is 0 Å². The first-order chi connectivity index (χ1) is 29.8. The maximum absolute atomic E-state index is 12.7.